The van der Waals surface area contributed by atoms with Gasteiger partial charge in [-0.15, -0.1) is 0 Å². The van der Waals surface area contributed by atoms with E-state index >= 15 is 0 Å². The van der Waals surface area contributed by atoms with Crippen molar-refractivity contribution >= 4 is 17.5 Å². The Labute approximate surface area is 87.5 Å². The molecule has 0 bridgehead atoms. The normalized spacial score (nSPS) is 10.1. The fraction of sp³-hybridized carbons (Fsp3) is 0.300. The van der Waals surface area contributed by atoms with E-state index in [0.717, 1.165) is 5.56 Å². The van der Waals surface area contributed by atoms with E-state index in [4.69, 9.17) is 22.4 Å². The molecule has 3 nitrogen and oxygen atoms in total. The molecule has 3 N–H and O–H groups in total. The molecule has 76 valence electrons. The first-order valence-electron chi connectivity index (χ1n) is 4.34. The highest BCUT2D eigenvalue weighted by Crippen LogP contribution is 2.17. The summed E-state index contributed by atoms with van der Waals surface area (Å²) in [6.45, 7) is 0.0980. The van der Waals surface area contributed by atoms with Gasteiger partial charge in [0.25, 0.3) is 0 Å². The molecule has 0 saturated heterocycles. The molecule has 0 heterocycles. The van der Waals surface area contributed by atoms with Crippen LogP contribution in [0.5, 0.6) is 0 Å². The summed E-state index contributed by atoms with van der Waals surface area (Å²) < 4.78 is 0. The van der Waals surface area contributed by atoms with Gasteiger partial charge in [-0.1, -0.05) is 17.7 Å². The Morgan fingerprint density at radius 2 is 2.21 bits per heavy atom. The predicted molar refractivity (Wildman–Crippen MR) is 55.4 cm³/mol. The van der Waals surface area contributed by atoms with Crippen molar-refractivity contribution in [1.29, 1.82) is 0 Å². The second kappa shape index (κ2) is 4.98. The first-order chi connectivity index (χ1) is 6.65. The Morgan fingerprint density at radius 3 is 2.79 bits per heavy atom. The summed E-state index contributed by atoms with van der Waals surface area (Å²) in [5, 5.41) is 9.16. The van der Waals surface area contributed by atoms with Crippen LogP contribution in [0, 0.1) is 0 Å². The smallest absolute Gasteiger partial charge is 0.249 e. The molecule has 0 saturated carbocycles. The van der Waals surface area contributed by atoms with Gasteiger partial charge in [0.05, 0.1) is 0 Å². The minimum atomic E-state index is -0.486. The molecule has 1 rings (SSSR count). The molecular weight excluding hydrogens is 202 g/mol. The molecule has 1 amide bonds. The number of hydrogen-bond donors (Lipinski definition) is 2. The van der Waals surface area contributed by atoms with Crippen LogP contribution in [0.1, 0.15) is 22.3 Å². The Kier molecular flexibility index (Phi) is 3.92. The lowest BCUT2D eigenvalue weighted by atomic mass is 10.0. The van der Waals surface area contributed by atoms with E-state index in [1.807, 2.05) is 0 Å². The topological polar surface area (TPSA) is 63.3 Å². The Hall–Kier alpha value is -1.06. The summed E-state index contributed by atoms with van der Waals surface area (Å²) in [6.07, 6.45) is 1.24. The van der Waals surface area contributed by atoms with Crippen molar-refractivity contribution in [3.63, 3.8) is 0 Å². The molecule has 0 aliphatic carbocycles. The second-order valence-electron chi connectivity index (χ2n) is 2.99. The lowest BCUT2D eigenvalue weighted by Gasteiger charge is -2.05. The van der Waals surface area contributed by atoms with Crippen molar-refractivity contribution in [2.24, 2.45) is 5.73 Å². The zero-order chi connectivity index (χ0) is 10.6. The average molecular weight is 214 g/mol. The second-order valence-corrected chi connectivity index (χ2v) is 3.43. The van der Waals surface area contributed by atoms with Gasteiger partial charge in [0, 0.05) is 17.2 Å². The molecule has 14 heavy (non-hydrogen) atoms. The van der Waals surface area contributed by atoms with Gasteiger partial charge >= 0.3 is 0 Å². The number of aliphatic hydroxyl groups is 1. The summed E-state index contributed by atoms with van der Waals surface area (Å²) in [5.74, 6) is -0.486. The number of primary amides is 1. The Bertz CT molecular complexity index is 339. The quantitative estimate of drug-likeness (QED) is 0.794. The van der Waals surface area contributed by atoms with Crippen LogP contribution in [0.15, 0.2) is 18.2 Å². The van der Waals surface area contributed by atoms with Gasteiger partial charge in [0.2, 0.25) is 5.91 Å². The monoisotopic (exact) mass is 213 g/mol. The Balaban J connectivity index is 2.96. The number of carbonyl (C=O) groups excluding carboxylic acids is 1. The standard InChI is InChI=1S/C10H12ClNO2/c11-8-4-3-7(2-1-5-13)9(6-8)10(12)14/h3-4,6,13H,1-2,5H2,(H2,12,14). The van der Waals surface area contributed by atoms with E-state index in [9.17, 15) is 4.79 Å². The highest BCUT2D eigenvalue weighted by atomic mass is 35.5. The predicted octanol–water partition coefficient (Wildman–Crippen LogP) is 1.36. The van der Waals surface area contributed by atoms with Gasteiger partial charge in [0.1, 0.15) is 0 Å². The largest absolute Gasteiger partial charge is 0.396 e. The van der Waals surface area contributed by atoms with Crippen LogP contribution in [0.4, 0.5) is 0 Å². The number of benzene rings is 1. The van der Waals surface area contributed by atoms with Gasteiger partial charge in [0.15, 0.2) is 0 Å². The molecule has 0 fully saturated rings. The maximum Gasteiger partial charge on any atom is 0.249 e. The molecule has 0 atom stereocenters. The number of amides is 1. The van der Waals surface area contributed by atoms with Crippen LogP contribution in [0.25, 0.3) is 0 Å². The minimum Gasteiger partial charge on any atom is -0.396 e. The third-order valence-electron chi connectivity index (χ3n) is 1.94. The third-order valence-corrected chi connectivity index (χ3v) is 2.18. The SMILES string of the molecule is NC(=O)c1cc(Cl)ccc1CCCO. The molecule has 0 radical (unpaired) electrons. The van der Waals surface area contributed by atoms with E-state index < -0.39 is 5.91 Å². The highest BCUT2D eigenvalue weighted by Gasteiger charge is 2.07. The number of rotatable bonds is 4. The fourth-order valence-corrected chi connectivity index (χ4v) is 1.44. The zero-order valence-electron chi connectivity index (χ0n) is 7.66. The van der Waals surface area contributed by atoms with Crippen molar-refractivity contribution in [3.8, 4) is 0 Å². The van der Waals surface area contributed by atoms with E-state index in [1.165, 1.54) is 0 Å². The van der Waals surface area contributed by atoms with Crippen molar-refractivity contribution in [2.45, 2.75) is 12.8 Å². The van der Waals surface area contributed by atoms with Gasteiger partial charge < -0.3 is 10.8 Å². The van der Waals surface area contributed by atoms with Gasteiger partial charge in [-0.2, -0.15) is 0 Å². The zero-order valence-corrected chi connectivity index (χ0v) is 8.42. The highest BCUT2D eigenvalue weighted by molar-refractivity contribution is 6.31. The molecule has 4 heteroatoms. The van der Waals surface area contributed by atoms with Crippen molar-refractivity contribution in [2.75, 3.05) is 6.61 Å². The van der Waals surface area contributed by atoms with Gasteiger partial charge in [-0.05, 0) is 30.5 Å². The van der Waals surface area contributed by atoms with E-state index in [2.05, 4.69) is 0 Å². The van der Waals surface area contributed by atoms with Crippen LogP contribution < -0.4 is 5.73 Å². The summed E-state index contributed by atoms with van der Waals surface area (Å²) in [4.78, 5) is 11.0. The molecule has 0 aliphatic rings. The first-order valence-corrected chi connectivity index (χ1v) is 4.72. The van der Waals surface area contributed by atoms with Crippen LogP contribution >= 0.6 is 11.6 Å². The molecule has 0 unspecified atom stereocenters. The maximum atomic E-state index is 11.0. The summed E-state index contributed by atoms with van der Waals surface area (Å²) in [6, 6.07) is 5.02. The number of halogens is 1. The molecular formula is C10H12ClNO2. The fourth-order valence-electron chi connectivity index (χ4n) is 1.27. The van der Waals surface area contributed by atoms with E-state index in [-0.39, 0.29) is 6.61 Å². The lowest BCUT2D eigenvalue weighted by Crippen LogP contribution is -2.14. The van der Waals surface area contributed by atoms with Crippen LogP contribution in [0.2, 0.25) is 5.02 Å². The maximum absolute atomic E-state index is 11.0. The molecule has 1 aromatic rings. The summed E-state index contributed by atoms with van der Waals surface area (Å²) in [7, 11) is 0. The van der Waals surface area contributed by atoms with Crippen LogP contribution in [-0.2, 0) is 6.42 Å². The number of nitrogens with two attached hydrogens (primary N) is 1. The third kappa shape index (κ3) is 2.72. The summed E-state index contributed by atoms with van der Waals surface area (Å²) >= 11 is 5.74. The number of carbonyl (C=O) groups is 1. The van der Waals surface area contributed by atoms with Crippen molar-refractivity contribution in [1.82, 2.24) is 0 Å². The molecule has 0 aliphatic heterocycles. The number of aryl methyl sites for hydroxylation is 1. The van der Waals surface area contributed by atoms with Crippen LogP contribution in [-0.4, -0.2) is 17.6 Å². The number of aliphatic hydroxyl groups excluding tert-OH is 1. The van der Waals surface area contributed by atoms with Gasteiger partial charge in [-0.3, -0.25) is 4.79 Å². The summed E-state index contributed by atoms with van der Waals surface area (Å²) in [5.41, 5.74) is 6.46. The molecule has 0 aromatic heterocycles. The van der Waals surface area contributed by atoms with Crippen molar-refractivity contribution < 1.29 is 9.90 Å². The van der Waals surface area contributed by atoms with E-state index in [1.54, 1.807) is 18.2 Å². The molecule has 1 aromatic carbocycles. The van der Waals surface area contributed by atoms with Crippen molar-refractivity contribution in [3.05, 3.63) is 34.3 Å². The molecule has 0 spiro atoms. The van der Waals surface area contributed by atoms with Gasteiger partial charge in [-0.25, -0.2) is 0 Å². The first kappa shape index (κ1) is 11.0. The Morgan fingerprint density at radius 1 is 1.50 bits per heavy atom. The van der Waals surface area contributed by atoms with E-state index in [0.29, 0.717) is 23.4 Å². The lowest BCUT2D eigenvalue weighted by molar-refractivity contribution is 0.0999. The van der Waals surface area contributed by atoms with Crippen LogP contribution in [0.3, 0.4) is 0 Å². The number of hydrogen-bond acceptors (Lipinski definition) is 2. The average Bonchev–Trinajstić information content (AvgIpc) is 2.15. The minimum absolute atomic E-state index is 0.0980.